The summed E-state index contributed by atoms with van der Waals surface area (Å²) in [5, 5.41) is 0. The van der Waals surface area contributed by atoms with Gasteiger partial charge in [0, 0.05) is 0 Å². The second-order valence-electron chi connectivity index (χ2n) is 2.55. The van der Waals surface area contributed by atoms with Crippen LogP contribution < -0.4 is 15.2 Å². The van der Waals surface area contributed by atoms with Gasteiger partial charge in [0.2, 0.25) is 0 Å². The molecule has 0 aromatic heterocycles. The number of hydrogen-bond acceptors (Lipinski definition) is 3. The maximum Gasteiger partial charge on any atom is 0.573 e. The lowest BCUT2D eigenvalue weighted by atomic mass is 10.3. The zero-order chi connectivity index (χ0) is 11.6. The summed E-state index contributed by atoms with van der Waals surface area (Å²) in [5.41, 5.74) is 5.50. The standard InChI is InChI=1S/C8H7BrF3NO2/c1-14-7-5(13)3-2-4(9)6(7)15-8(10,11)12/h2-3H,13H2,1H3. The van der Waals surface area contributed by atoms with Gasteiger partial charge in [-0.15, -0.1) is 13.2 Å². The molecule has 0 aliphatic carbocycles. The maximum atomic E-state index is 12.0. The van der Waals surface area contributed by atoms with E-state index in [1.54, 1.807) is 0 Å². The number of nitrogen functional groups attached to an aromatic ring is 1. The third-order valence-electron chi connectivity index (χ3n) is 1.52. The van der Waals surface area contributed by atoms with Gasteiger partial charge in [-0.1, -0.05) is 0 Å². The highest BCUT2D eigenvalue weighted by molar-refractivity contribution is 9.10. The van der Waals surface area contributed by atoms with Gasteiger partial charge in [-0.3, -0.25) is 0 Å². The lowest BCUT2D eigenvalue weighted by Crippen LogP contribution is -2.18. The molecule has 15 heavy (non-hydrogen) atoms. The smallest absolute Gasteiger partial charge is 0.491 e. The molecular weight excluding hydrogens is 279 g/mol. The van der Waals surface area contributed by atoms with E-state index in [0.29, 0.717) is 0 Å². The first-order chi connectivity index (χ1) is 6.85. The van der Waals surface area contributed by atoms with Crippen molar-refractivity contribution < 1.29 is 22.6 Å². The number of hydrogen-bond donors (Lipinski definition) is 1. The number of methoxy groups -OCH3 is 1. The summed E-state index contributed by atoms with van der Waals surface area (Å²) in [6.07, 6.45) is -4.79. The first kappa shape index (κ1) is 12.0. The summed E-state index contributed by atoms with van der Waals surface area (Å²) >= 11 is 2.91. The largest absolute Gasteiger partial charge is 0.573 e. The fourth-order valence-corrected chi connectivity index (χ4v) is 1.37. The molecule has 1 aromatic carbocycles. The number of ether oxygens (including phenoxy) is 2. The molecule has 0 atom stereocenters. The Bertz CT molecular complexity index is 368. The van der Waals surface area contributed by atoms with Crippen LogP contribution in [0.5, 0.6) is 11.5 Å². The molecule has 0 saturated carbocycles. The minimum absolute atomic E-state index is 0.0694. The number of alkyl halides is 3. The van der Waals surface area contributed by atoms with E-state index in [0.717, 1.165) is 0 Å². The predicted octanol–water partition coefficient (Wildman–Crippen LogP) is 2.94. The summed E-state index contributed by atoms with van der Waals surface area (Å²) in [7, 11) is 1.21. The van der Waals surface area contributed by atoms with Crippen molar-refractivity contribution in [3.05, 3.63) is 16.6 Å². The van der Waals surface area contributed by atoms with Crippen LogP contribution in [-0.2, 0) is 0 Å². The summed E-state index contributed by atoms with van der Waals surface area (Å²) in [5.74, 6) is -0.633. The van der Waals surface area contributed by atoms with Crippen LogP contribution in [-0.4, -0.2) is 13.5 Å². The van der Waals surface area contributed by atoms with Crippen LogP contribution in [0.4, 0.5) is 18.9 Å². The average Bonchev–Trinajstić information content (AvgIpc) is 2.10. The molecule has 0 bridgehead atoms. The quantitative estimate of drug-likeness (QED) is 0.850. The molecule has 0 fully saturated rings. The second-order valence-corrected chi connectivity index (χ2v) is 3.40. The fourth-order valence-electron chi connectivity index (χ4n) is 0.975. The first-order valence-electron chi connectivity index (χ1n) is 3.73. The van der Waals surface area contributed by atoms with Gasteiger partial charge in [-0.2, -0.15) is 0 Å². The van der Waals surface area contributed by atoms with Crippen molar-refractivity contribution in [2.45, 2.75) is 6.36 Å². The van der Waals surface area contributed by atoms with Crippen molar-refractivity contribution in [3.8, 4) is 11.5 Å². The van der Waals surface area contributed by atoms with E-state index >= 15 is 0 Å². The number of anilines is 1. The molecule has 0 amide bonds. The van der Waals surface area contributed by atoms with E-state index in [1.807, 2.05) is 0 Å². The van der Waals surface area contributed by atoms with E-state index in [1.165, 1.54) is 19.2 Å². The number of benzene rings is 1. The highest BCUT2D eigenvalue weighted by Crippen LogP contribution is 2.42. The Morgan fingerprint density at radius 1 is 1.27 bits per heavy atom. The minimum Gasteiger partial charge on any atom is -0.491 e. The molecule has 0 aliphatic rings. The Balaban J connectivity index is 3.20. The Morgan fingerprint density at radius 3 is 2.33 bits per heavy atom. The van der Waals surface area contributed by atoms with Crippen LogP contribution in [0.25, 0.3) is 0 Å². The number of nitrogens with two attached hydrogens (primary N) is 1. The molecule has 0 radical (unpaired) electrons. The average molecular weight is 286 g/mol. The monoisotopic (exact) mass is 285 g/mol. The van der Waals surface area contributed by atoms with Crippen LogP contribution in [0.3, 0.4) is 0 Å². The summed E-state index contributed by atoms with van der Waals surface area (Å²) in [6, 6.07) is 2.76. The van der Waals surface area contributed by atoms with Crippen LogP contribution in [0.15, 0.2) is 16.6 Å². The lowest BCUT2D eigenvalue weighted by Gasteiger charge is -2.15. The van der Waals surface area contributed by atoms with E-state index in [2.05, 4.69) is 20.7 Å². The zero-order valence-electron chi connectivity index (χ0n) is 7.56. The maximum absolute atomic E-state index is 12.0. The molecule has 0 aliphatic heterocycles. The van der Waals surface area contributed by atoms with Gasteiger partial charge in [0.05, 0.1) is 17.3 Å². The first-order valence-corrected chi connectivity index (χ1v) is 4.52. The highest BCUT2D eigenvalue weighted by Gasteiger charge is 2.34. The molecule has 0 unspecified atom stereocenters. The molecule has 84 valence electrons. The second kappa shape index (κ2) is 4.18. The molecule has 1 rings (SSSR count). The summed E-state index contributed by atoms with van der Waals surface area (Å²) in [6.45, 7) is 0. The third kappa shape index (κ3) is 2.92. The molecule has 3 nitrogen and oxygen atoms in total. The van der Waals surface area contributed by atoms with Crippen molar-refractivity contribution in [2.24, 2.45) is 0 Å². The Morgan fingerprint density at radius 2 is 1.87 bits per heavy atom. The zero-order valence-corrected chi connectivity index (χ0v) is 9.15. The van der Waals surface area contributed by atoms with Gasteiger partial charge < -0.3 is 15.2 Å². The topological polar surface area (TPSA) is 44.5 Å². The van der Waals surface area contributed by atoms with Gasteiger partial charge in [0.1, 0.15) is 0 Å². The summed E-state index contributed by atoms with van der Waals surface area (Å²) < 4.78 is 44.7. The molecular formula is C8H7BrF3NO2. The fraction of sp³-hybridized carbons (Fsp3) is 0.250. The summed E-state index contributed by atoms with van der Waals surface area (Å²) in [4.78, 5) is 0. The van der Waals surface area contributed by atoms with Gasteiger partial charge in [0.25, 0.3) is 0 Å². The molecule has 2 N–H and O–H groups in total. The van der Waals surface area contributed by atoms with Crippen molar-refractivity contribution in [1.82, 2.24) is 0 Å². The van der Waals surface area contributed by atoms with Crippen LogP contribution in [0, 0.1) is 0 Å². The van der Waals surface area contributed by atoms with E-state index in [-0.39, 0.29) is 15.9 Å². The Kier molecular flexibility index (Phi) is 3.33. The van der Waals surface area contributed by atoms with Gasteiger partial charge in [-0.25, -0.2) is 0 Å². The molecule has 0 spiro atoms. The van der Waals surface area contributed by atoms with Crippen molar-refractivity contribution in [2.75, 3.05) is 12.8 Å². The minimum atomic E-state index is -4.79. The van der Waals surface area contributed by atoms with Gasteiger partial charge >= 0.3 is 6.36 Å². The van der Waals surface area contributed by atoms with Crippen LogP contribution in [0.2, 0.25) is 0 Å². The van der Waals surface area contributed by atoms with Crippen LogP contribution in [0.1, 0.15) is 0 Å². The number of rotatable bonds is 2. The van der Waals surface area contributed by atoms with Gasteiger partial charge in [-0.05, 0) is 28.1 Å². The van der Waals surface area contributed by atoms with Gasteiger partial charge in [0.15, 0.2) is 11.5 Å². The Hall–Kier alpha value is -1.11. The molecule has 1 aromatic rings. The van der Waals surface area contributed by atoms with Crippen molar-refractivity contribution >= 4 is 21.6 Å². The van der Waals surface area contributed by atoms with E-state index < -0.39 is 12.1 Å². The molecule has 7 heteroatoms. The third-order valence-corrected chi connectivity index (χ3v) is 2.14. The lowest BCUT2D eigenvalue weighted by molar-refractivity contribution is -0.275. The SMILES string of the molecule is COc1c(N)ccc(Br)c1OC(F)(F)F. The van der Waals surface area contributed by atoms with Crippen molar-refractivity contribution in [1.29, 1.82) is 0 Å². The molecule has 0 heterocycles. The van der Waals surface area contributed by atoms with E-state index in [4.69, 9.17) is 10.5 Å². The van der Waals surface area contributed by atoms with Crippen LogP contribution >= 0.6 is 15.9 Å². The normalized spacial score (nSPS) is 11.3. The van der Waals surface area contributed by atoms with E-state index in [9.17, 15) is 13.2 Å². The molecule has 0 saturated heterocycles. The number of halogens is 4. The highest BCUT2D eigenvalue weighted by atomic mass is 79.9. The predicted molar refractivity (Wildman–Crippen MR) is 51.8 cm³/mol. The van der Waals surface area contributed by atoms with Crippen molar-refractivity contribution in [3.63, 3.8) is 0 Å². The Labute approximate surface area is 92.1 Å².